The quantitative estimate of drug-likeness (QED) is 0.817. The summed E-state index contributed by atoms with van der Waals surface area (Å²) in [5, 5.41) is 1.19. The molecule has 3 rings (SSSR count). The highest BCUT2D eigenvalue weighted by atomic mass is 16.2. The van der Waals surface area contributed by atoms with Crippen LogP contribution in [0.3, 0.4) is 0 Å². The molecule has 1 aromatic heterocycles. The highest BCUT2D eigenvalue weighted by Crippen LogP contribution is 2.27. The van der Waals surface area contributed by atoms with Gasteiger partial charge in [-0.05, 0) is 31.1 Å². The van der Waals surface area contributed by atoms with Gasteiger partial charge in [-0.2, -0.15) is 0 Å². The highest BCUT2D eigenvalue weighted by Gasteiger charge is 2.21. The van der Waals surface area contributed by atoms with Crippen molar-refractivity contribution in [2.45, 2.75) is 20.3 Å². The van der Waals surface area contributed by atoms with Crippen LogP contribution in [0.15, 0.2) is 42.6 Å². The molecule has 23 heavy (non-hydrogen) atoms. The second-order valence-corrected chi connectivity index (χ2v) is 5.92. The Morgan fingerprint density at radius 2 is 2.00 bits per heavy atom. The van der Waals surface area contributed by atoms with E-state index in [1.54, 1.807) is 6.08 Å². The van der Waals surface area contributed by atoms with Crippen LogP contribution in [0.1, 0.15) is 18.9 Å². The number of aromatic nitrogens is 1. The van der Waals surface area contributed by atoms with E-state index in [1.807, 2.05) is 24.1 Å². The Hall–Kier alpha value is -2.36. The summed E-state index contributed by atoms with van der Waals surface area (Å²) >= 11 is 0. The lowest BCUT2D eigenvalue weighted by Crippen LogP contribution is -2.48. The molecule has 1 aromatic carbocycles. The molecule has 0 saturated carbocycles. The number of benzene rings is 1. The Balaban J connectivity index is 1.77. The van der Waals surface area contributed by atoms with Crippen LogP contribution in [-0.2, 0) is 4.79 Å². The van der Waals surface area contributed by atoms with E-state index in [-0.39, 0.29) is 5.91 Å². The van der Waals surface area contributed by atoms with Crippen molar-refractivity contribution in [1.82, 2.24) is 9.88 Å². The summed E-state index contributed by atoms with van der Waals surface area (Å²) in [4.78, 5) is 20.9. The van der Waals surface area contributed by atoms with Crippen LogP contribution in [0.5, 0.6) is 0 Å². The number of hydrogen-bond acceptors (Lipinski definition) is 3. The minimum Gasteiger partial charge on any atom is -0.367 e. The van der Waals surface area contributed by atoms with E-state index in [2.05, 4.69) is 41.1 Å². The van der Waals surface area contributed by atoms with E-state index in [4.69, 9.17) is 0 Å². The third-order valence-electron chi connectivity index (χ3n) is 4.38. The highest BCUT2D eigenvalue weighted by molar-refractivity contribution is 5.93. The summed E-state index contributed by atoms with van der Waals surface area (Å²) in [5.41, 5.74) is 3.48. The molecule has 4 heteroatoms. The van der Waals surface area contributed by atoms with Crippen molar-refractivity contribution in [2.75, 3.05) is 31.1 Å². The molecule has 2 aromatic rings. The van der Waals surface area contributed by atoms with Crippen molar-refractivity contribution < 1.29 is 4.79 Å². The minimum atomic E-state index is 0.127. The predicted octanol–water partition coefficient (Wildman–Crippen LogP) is 3.16. The molecule has 0 radical (unpaired) electrons. The summed E-state index contributed by atoms with van der Waals surface area (Å²) in [6.07, 6.45) is 6.40. The second kappa shape index (κ2) is 6.82. The molecule has 120 valence electrons. The molecule has 1 saturated heterocycles. The van der Waals surface area contributed by atoms with Gasteiger partial charge in [-0.1, -0.05) is 31.2 Å². The molecule has 4 nitrogen and oxygen atoms in total. The summed E-state index contributed by atoms with van der Waals surface area (Å²) in [6.45, 7) is 7.39. The Morgan fingerprint density at radius 1 is 1.22 bits per heavy atom. The average molecular weight is 309 g/mol. The van der Waals surface area contributed by atoms with E-state index < -0.39 is 0 Å². The molecule has 0 aliphatic carbocycles. The van der Waals surface area contributed by atoms with Gasteiger partial charge in [0.2, 0.25) is 5.91 Å². The van der Waals surface area contributed by atoms with Crippen molar-refractivity contribution in [2.24, 2.45) is 0 Å². The number of rotatable bonds is 3. The normalized spacial score (nSPS) is 15.6. The summed E-state index contributed by atoms with van der Waals surface area (Å²) < 4.78 is 0. The maximum absolute atomic E-state index is 12.1. The molecule has 0 spiro atoms. The monoisotopic (exact) mass is 309 g/mol. The molecule has 1 aliphatic rings. The van der Waals surface area contributed by atoms with Crippen LogP contribution in [0, 0.1) is 6.92 Å². The molecule has 1 aliphatic heterocycles. The summed E-state index contributed by atoms with van der Waals surface area (Å²) in [7, 11) is 0. The minimum absolute atomic E-state index is 0.127. The van der Waals surface area contributed by atoms with Crippen LogP contribution in [0.4, 0.5) is 5.69 Å². The molecule has 1 amide bonds. The topological polar surface area (TPSA) is 36.4 Å². The van der Waals surface area contributed by atoms with Crippen LogP contribution >= 0.6 is 0 Å². The molecule has 2 heterocycles. The lowest BCUT2D eigenvalue weighted by molar-refractivity contribution is -0.126. The van der Waals surface area contributed by atoms with E-state index in [0.29, 0.717) is 0 Å². The lowest BCUT2D eigenvalue weighted by Gasteiger charge is -2.36. The number of aryl methyl sites for hydroxylation is 1. The molecule has 1 fully saturated rings. The number of carbonyl (C=O) groups is 1. The van der Waals surface area contributed by atoms with Crippen LogP contribution in [0.25, 0.3) is 10.9 Å². The number of fused-ring (bicyclic) bond motifs is 1. The van der Waals surface area contributed by atoms with Gasteiger partial charge in [0.25, 0.3) is 0 Å². The van der Waals surface area contributed by atoms with Gasteiger partial charge < -0.3 is 9.80 Å². The van der Waals surface area contributed by atoms with E-state index in [0.717, 1.165) is 38.1 Å². The van der Waals surface area contributed by atoms with Crippen molar-refractivity contribution in [3.05, 3.63) is 48.2 Å². The first-order chi connectivity index (χ1) is 11.2. The van der Waals surface area contributed by atoms with Crippen molar-refractivity contribution >= 4 is 22.5 Å². The third-order valence-corrected chi connectivity index (χ3v) is 4.38. The molecule has 0 atom stereocenters. The largest absolute Gasteiger partial charge is 0.367 e. The molecular formula is C19H23N3O. The number of piperazine rings is 1. The van der Waals surface area contributed by atoms with Gasteiger partial charge in [0.15, 0.2) is 0 Å². The van der Waals surface area contributed by atoms with Crippen molar-refractivity contribution in [3.63, 3.8) is 0 Å². The second-order valence-electron chi connectivity index (χ2n) is 5.92. The number of anilines is 1. The summed E-state index contributed by atoms with van der Waals surface area (Å²) in [5.74, 6) is 0.127. The first-order valence-corrected chi connectivity index (χ1v) is 8.25. The Bertz CT molecular complexity index is 730. The van der Waals surface area contributed by atoms with Gasteiger partial charge in [0, 0.05) is 43.4 Å². The number of nitrogens with zero attached hydrogens (tertiary/aromatic N) is 3. The molecule has 0 unspecified atom stereocenters. The smallest absolute Gasteiger partial charge is 0.246 e. The Labute approximate surface area is 137 Å². The molecular weight excluding hydrogens is 286 g/mol. The van der Waals surface area contributed by atoms with Gasteiger partial charge in [0.1, 0.15) is 0 Å². The van der Waals surface area contributed by atoms with Crippen LogP contribution in [0.2, 0.25) is 0 Å². The van der Waals surface area contributed by atoms with Gasteiger partial charge in [-0.3, -0.25) is 9.78 Å². The molecule has 0 bridgehead atoms. The van der Waals surface area contributed by atoms with Gasteiger partial charge in [0.05, 0.1) is 5.52 Å². The summed E-state index contributed by atoms with van der Waals surface area (Å²) in [6, 6.07) is 8.39. The van der Waals surface area contributed by atoms with Gasteiger partial charge in [-0.25, -0.2) is 0 Å². The predicted molar refractivity (Wildman–Crippen MR) is 94.7 cm³/mol. The van der Waals surface area contributed by atoms with Crippen LogP contribution in [-0.4, -0.2) is 42.0 Å². The number of allylic oxidation sites excluding steroid dienone is 1. The number of pyridine rings is 1. The SMILES string of the molecule is CCC=CC(=O)N1CCN(c2ccnc3c(C)cccc23)CC1. The Morgan fingerprint density at radius 3 is 2.74 bits per heavy atom. The number of amides is 1. The van der Waals surface area contributed by atoms with E-state index >= 15 is 0 Å². The van der Waals surface area contributed by atoms with Gasteiger partial charge in [-0.15, -0.1) is 0 Å². The first-order valence-electron chi connectivity index (χ1n) is 8.25. The maximum atomic E-state index is 12.1. The zero-order valence-electron chi connectivity index (χ0n) is 13.8. The fourth-order valence-corrected chi connectivity index (χ4v) is 3.08. The lowest BCUT2D eigenvalue weighted by atomic mass is 10.1. The maximum Gasteiger partial charge on any atom is 0.246 e. The zero-order valence-corrected chi connectivity index (χ0v) is 13.8. The number of hydrogen-bond donors (Lipinski definition) is 0. The zero-order chi connectivity index (χ0) is 16.2. The fraction of sp³-hybridized carbons (Fsp3) is 0.368. The molecule has 0 N–H and O–H groups in total. The van der Waals surface area contributed by atoms with Crippen molar-refractivity contribution in [3.8, 4) is 0 Å². The third kappa shape index (κ3) is 3.21. The fourth-order valence-electron chi connectivity index (χ4n) is 3.08. The van der Waals surface area contributed by atoms with Gasteiger partial charge >= 0.3 is 0 Å². The Kier molecular flexibility index (Phi) is 4.60. The van der Waals surface area contributed by atoms with E-state index in [9.17, 15) is 4.79 Å². The first kappa shape index (κ1) is 15.5. The van der Waals surface area contributed by atoms with Crippen LogP contribution < -0.4 is 4.90 Å². The number of carbonyl (C=O) groups excluding carboxylic acids is 1. The standard InChI is InChI=1S/C19H23N3O/c1-3-4-8-18(23)22-13-11-21(12-14-22)17-9-10-20-19-15(2)6-5-7-16(17)19/h4-10H,3,11-14H2,1-2H3. The average Bonchev–Trinajstić information content (AvgIpc) is 2.60. The van der Waals surface area contributed by atoms with Crippen molar-refractivity contribution in [1.29, 1.82) is 0 Å². The van der Waals surface area contributed by atoms with E-state index in [1.165, 1.54) is 16.6 Å². The number of para-hydroxylation sites is 1.